The summed E-state index contributed by atoms with van der Waals surface area (Å²) in [6.07, 6.45) is 0.951. The summed E-state index contributed by atoms with van der Waals surface area (Å²) in [6, 6.07) is 22.9. The minimum Gasteiger partial charge on any atom is -0.351 e. The van der Waals surface area contributed by atoms with Gasteiger partial charge in [0.1, 0.15) is 0 Å². The highest BCUT2D eigenvalue weighted by Gasteiger charge is 2.35. The van der Waals surface area contributed by atoms with Gasteiger partial charge in [-0.2, -0.15) is 4.98 Å². The Morgan fingerprint density at radius 3 is 2.50 bits per heavy atom. The van der Waals surface area contributed by atoms with Crippen molar-refractivity contribution in [3.05, 3.63) is 106 Å². The smallest absolute Gasteiger partial charge is 0.258 e. The number of thiocarbonyl (C=S) groups is 1. The highest BCUT2D eigenvalue weighted by atomic mass is 32.1. The maximum Gasteiger partial charge on any atom is 0.258 e. The van der Waals surface area contributed by atoms with E-state index >= 15 is 0 Å². The van der Waals surface area contributed by atoms with Gasteiger partial charge in [-0.1, -0.05) is 66.2 Å². The number of aromatic nitrogens is 2. The Balaban J connectivity index is 1.67. The van der Waals surface area contributed by atoms with E-state index in [1.807, 2.05) is 12.1 Å². The molecule has 1 aliphatic rings. The minimum absolute atomic E-state index is 0.215. The summed E-state index contributed by atoms with van der Waals surface area (Å²) < 4.78 is 5.91. The highest BCUT2D eigenvalue weighted by molar-refractivity contribution is 7.80. The van der Waals surface area contributed by atoms with Gasteiger partial charge in [0.2, 0.25) is 5.82 Å². The highest BCUT2D eigenvalue weighted by Crippen LogP contribution is 2.39. The van der Waals surface area contributed by atoms with E-state index in [9.17, 15) is 0 Å². The van der Waals surface area contributed by atoms with Gasteiger partial charge in [-0.3, -0.25) is 4.90 Å². The quantitative estimate of drug-likeness (QED) is 0.299. The summed E-state index contributed by atoms with van der Waals surface area (Å²) in [7, 11) is 0. The first-order valence-electron chi connectivity index (χ1n) is 12.2. The van der Waals surface area contributed by atoms with Crippen molar-refractivity contribution in [2.75, 3.05) is 4.90 Å². The number of anilines is 1. The third-order valence-electron chi connectivity index (χ3n) is 6.86. The van der Waals surface area contributed by atoms with Crippen LogP contribution < -0.4 is 10.2 Å². The number of aryl methyl sites for hydroxylation is 4. The normalized spacial score (nSPS) is 15.9. The van der Waals surface area contributed by atoms with Crippen LogP contribution in [0.2, 0.25) is 0 Å². The molecule has 1 N–H and O–H groups in total. The van der Waals surface area contributed by atoms with Gasteiger partial charge in [-0.25, -0.2) is 0 Å². The predicted octanol–water partition coefficient (Wildman–Crippen LogP) is 7.09. The maximum absolute atomic E-state index is 5.91. The van der Waals surface area contributed by atoms with Crippen LogP contribution in [0.1, 0.15) is 53.6 Å². The molecule has 6 heteroatoms. The Bertz CT molecular complexity index is 1490. The molecule has 4 aromatic rings. The Morgan fingerprint density at radius 2 is 1.75 bits per heavy atom. The Morgan fingerprint density at radius 1 is 0.944 bits per heavy atom. The van der Waals surface area contributed by atoms with Crippen molar-refractivity contribution in [2.45, 2.75) is 47.1 Å². The zero-order valence-corrected chi connectivity index (χ0v) is 22.1. The fourth-order valence-corrected chi connectivity index (χ4v) is 5.04. The summed E-state index contributed by atoms with van der Waals surface area (Å²) in [5, 5.41) is 8.56. The molecule has 5 nitrogen and oxygen atoms in total. The molecule has 0 aliphatic carbocycles. The van der Waals surface area contributed by atoms with E-state index in [0.717, 1.165) is 40.1 Å². The van der Waals surface area contributed by atoms with E-state index in [1.165, 1.54) is 16.7 Å². The Hall–Kier alpha value is -3.77. The predicted molar refractivity (Wildman–Crippen MR) is 150 cm³/mol. The monoisotopic (exact) mass is 494 g/mol. The zero-order valence-electron chi connectivity index (χ0n) is 21.3. The average molecular weight is 495 g/mol. The van der Waals surface area contributed by atoms with Crippen LogP contribution in [0.25, 0.3) is 17.0 Å². The molecule has 0 spiro atoms. The van der Waals surface area contributed by atoms with Crippen LogP contribution in [0.3, 0.4) is 0 Å². The second-order valence-electron chi connectivity index (χ2n) is 9.38. The molecule has 1 atom stereocenters. The molecule has 1 unspecified atom stereocenters. The maximum atomic E-state index is 5.91. The molecule has 182 valence electrons. The van der Waals surface area contributed by atoms with Crippen molar-refractivity contribution in [1.29, 1.82) is 0 Å². The molecule has 1 aromatic heterocycles. The molecule has 36 heavy (non-hydrogen) atoms. The van der Waals surface area contributed by atoms with Gasteiger partial charge in [0.05, 0.1) is 11.6 Å². The molecule has 5 rings (SSSR count). The standard InChI is InChI=1S/C30H30N4OS/c1-6-22-10-8-12-25(17-22)34-21(5)26(27(31-30(34)36)23-14-13-19(3)20(4)16-23)29-32-28(33-35-29)24-11-7-9-18(2)15-24/h7-17,27H,6H2,1-5H3,(H,31,36). The van der Waals surface area contributed by atoms with E-state index < -0.39 is 0 Å². The van der Waals surface area contributed by atoms with Crippen LogP contribution in [-0.4, -0.2) is 15.3 Å². The van der Waals surface area contributed by atoms with Crippen molar-refractivity contribution in [3.8, 4) is 11.4 Å². The lowest BCUT2D eigenvalue weighted by Crippen LogP contribution is -2.46. The fourth-order valence-electron chi connectivity index (χ4n) is 4.67. The largest absolute Gasteiger partial charge is 0.351 e. The van der Waals surface area contributed by atoms with Gasteiger partial charge in [0.15, 0.2) is 5.11 Å². The Kier molecular flexibility index (Phi) is 6.46. The van der Waals surface area contributed by atoms with Gasteiger partial charge < -0.3 is 9.84 Å². The molecule has 0 radical (unpaired) electrons. The lowest BCUT2D eigenvalue weighted by molar-refractivity contribution is 0.404. The van der Waals surface area contributed by atoms with Gasteiger partial charge in [0, 0.05) is 16.9 Å². The molecule has 0 amide bonds. The van der Waals surface area contributed by atoms with Crippen molar-refractivity contribution in [1.82, 2.24) is 15.5 Å². The molecule has 3 aromatic carbocycles. The van der Waals surface area contributed by atoms with Crippen LogP contribution in [-0.2, 0) is 6.42 Å². The minimum atomic E-state index is -0.215. The molecule has 0 saturated carbocycles. The number of hydrogen-bond acceptors (Lipinski definition) is 4. The van der Waals surface area contributed by atoms with E-state index in [-0.39, 0.29) is 6.04 Å². The van der Waals surface area contributed by atoms with E-state index in [0.29, 0.717) is 16.8 Å². The lowest BCUT2D eigenvalue weighted by Gasteiger charge is -2.37. The first kappa shape index (κ1) is 23.9. The van der Waals surface area contributed by atoms with Gasteiger partial charge in [-0.05, 0) is 86.8 Å². The number of nitrogens with one attached hydrogen (secondary N) is 1. The first-order valence-corrected chi connectivity index (χ1v) is 12.6. The number of benzene rings is 3. The van der Waals surface area contributed by atoms with Crippen molar-refractivity contribution < 1.29 is 4.52 Å². The summed E-state index contributed by atoms with van der Waals surface area (Å²) >= 11 is 5.91. The number of rotatable bonds is 5. The molecule has 0 fully saturated rings. The second-order valence-corrected chi connectivity index (χ2v) is 9.76. The summed E-state index contributed by atoms with van der Waals surface area (Å²) in [5.74, 6) is 1.05. The summed E-state index contributed by atoms with van der Waals surface area (Å²) in [4.78, 5) is 6.92. The van der Waals surface area contributed by atoms with E-state index in [1.54, 1.807) is 0 Å². The van der Waals surface area contributed by atoms with Gasteiger partial charge >= 0.3 is 0 Å². The van der Waals surface area contributed by atoms with Gasteiger partial charge in [0.25, 0.3) is 5.89 Å². The number of nitrogens with zero attached hydrogens (tertiary/aromatic N) is 3. The average Bonchev–Trinajstić information content (AvgIpc) is 3.35. The van der Waals surface area contributed by atoms with Gasteiger partial charge in [-0.15, -0.1) is 0 Å². The zero-order chi connectivity index (χ0) is 25.4. The molecule has 1 aliphatic heterocycles. The molecule has 0 bridgehead atoms. The SMILES string of the molecule is CCc1cccc(N2C(=S)NC(c3ccc(C)c(C)c3)C(c3nc(-c4cccc(C)c4)no3)=C2C)c1. The molecule has 0 saturated heterocycles. The van der Waals surface area contributed by atoms with Crippen molar-refractivity contribution >= 4 is 28.6 Å². The first-order chi connectivity index (χ1) is 17.4. The van der Waals surface area contributed by atoms with E-state index in [2.05, 4.69) is 105 Å². The lowest BCUT2D eigenvalue weighted by atomic mass is 9.92. The summed E-state index contributed by atoms with van der Waals surface area (Å²) in [5.41, 5.74) is 9.80. The van der Waals surface area contributed by atoms with Crippen LogP contribution in [0.4, 0.5) is 5.69 Å². The van der Waals surface area contributed by atoms with Crippen LogP contribution in [0, 0.1) is 20.8 Å². The fraction of sp³-hybridized carbons (Fsp3) is 0.233. The number of allylic oxidation sites excluding steroid dienone is 1. The summed E-state index contributed by atoms with van der Waals surface area (Å²) in [6.45, 7) is 10.5. The topological polar surface area (TPSA) is 54.2 Å². The molecule has 2 heterocycles. The van der Waals surface area contributed by atoms with Crippen molar-refractivity contribution in [2.24, 2.45) is 0 Å². The van der Waals surface area contributed by atoms with Crippen molar-refractivity contribution in [3.63, 3.8) is 0 Å². The number of hydrogen-bond donors (Lipinski definition) is 1. The molecular formula is C30H30N4OS. The second kappa shape index (κ2) is 9.70. The third-order valence-corrected chi connectivity index (χ3v) is 7.16. The third kappa shape index (κ3) is 4.44. The molecular weight excluding hydrogens is 464 g/mol. The van der Waals surface area contributed by atoms with E-state index in [4.69, 9.17) is 21.7 Å². The van der Waals surface area contributed by atoms with Crippen LogP contribution in [0.5, 0.6) is 0 Å². The van der Waals surface area contributed by atoms with Crippen LogP contribution >= 0.6 is 12.2 Å². The Labute approximate surface area is 217 Å². The van der Waals surface area contributed by atoms with Crippen LogP contribution in [0.15, 0.2) is 77.0 Å².